The molecule has 0 saturated carbocycles. The molecule has 2 rings (SSSR count). The average molecular weight is 469 g/mol. The highest BCUT2D eigenvalue weighted by Crippen LogP contribution is 2.21. The molecule has 0 heterocycles. The smallest absolute Gasteiger partial charge is 0.193 e. The maximum Gasteiger partial charge on any atom is 0.193 e. The number of hydrogen-bond acceptors (Lipinski definition) is 3. The summed E-state index contributed by atoms with van der Waals surface area (Å²) in [6.45, 7) is 8.28. The van der Waals surface area contributed by atoms with Crippen molar-refractivity contribution in [2.45, 2.75) is 27.3 Å². The first-order valence-electron chi connectivity index (χ1n) is 8.52. The van der Waals surface area contributed by atoms with E-state index in [1.54, 1.807) is 0 Å². The lowest BCUT2D eigenvalue weighted by atomic mass is 10.1. The van der Waals surface area contributed by atoms with Gasteiger partial charge in [0.2, 0.25) is 0 Å². The van der Waals surface area contributed by atoms with Gasteiger partial charge in [0.05, 0.1) is 13.2 Å². The van der Waals surface area contributed by atoms with Crippen molar-refractivity contribution >= 4 is 35.6 Å². The molecule has 6 heteroatoms. The minimum atomic E-state index is 0. The molecule has 0 amide bonds. The zero-order valence-electron chi connectivity index (χ0n) is 15.6. The summed E-state index contributed by atoms with van der Waals surface area (Å²) in [7, 11) is 0. The molecule has 0 radical (unpaired) electrons. The molecule has 0 spiro atoms. The molecule has 0 aromatic heterocycles. The monoisotopic (exact) mass is 469 g/mol. The highest BCUT2D eigenvalue weighted by Gasteiger charge is 2.05. The second-order valence-electron chi connectivity index (χ2n) is 5.85. The second-order valence-corrected chi connectivity index (χ2v) is 5.85. The van der Waals surface area contributed by atoms with E-state index in [1.807, 2.05) is 63.2 Å². The summed E-state index contributed by atoms with van der Waals surface area (Å²) in [5.74, 6) is 1.21. The summed E-state index contributed by atoms with van der Waals surface area (Å²) in [6.07, 6.45) is 0. The molecule has 0 unspecified atom stereocenters. The first-order valence-corrected chi connectivity index (χ1v) is 8.52. The predicted molar refractivity (Wildman–Crippen MR) is 119 cm³/mol. The molecule has 3 N–H and O–H groups in total. The number of nitrogens with one attached hydrogen (secondary N) is 1. The van der Waals surface area contributed by atoms with Gasteiger partial charge in [-0.25, -0.2) is 4.99 Å². The summed E-state index contributed by atoms with van der Waals surface area (Å²) in [6, 6.07) is 14.1. The van der Waals surface area contributed by atoms with Gasteiger partial charge in [-0.3, -0.25) is 0 Å². The Hall–Kier alpha value is -1.80. The molecular formula is C20H28IN3O2. The van der Waals surface area contributed by atoms with Crippen molar-refractivity contribution in [1.29, 1.82) is 0 Å². The molecule has 142 valence electrons. The SMILES string of the molecule is CCOCCOc1cc(C)ccc1CN=C(N)Nc1cccc(C)c1.I. The van der Waals surface area contributed by atoms with E-state index < -0.39 is 0 Å². The minimum Gasteiger partial charge on any atom is -0.491 e. The van der Waals surface area contributed by atoms with Crippen LogP contribution in [0.3, 0.4) is 0 Å². The van der Waals surface area contributed by atoms with Gasteiger partial charge in [0.1, 0.15) is 12.4 Å². The number of halogens is 1. The third kappa shape index (κ3) is 7.61. The van der Waals surface area contributed by atoms with Crippen molar-refractivity contribution in [3.8, 4) is 5.75 Å². The number of hydrogen-bond donors (Lipinski definition) is 2. The van der Waals surface area contributed by atoms with Crippen LogP contribution in [0.15, 0.2) is 47.5 Å². The summed E-state index contributed by atoms with van der Waals surface area (Å²) in [4.78, 5) is 4.43. The third-order valence-electron chi connectivity index (χ3n) is 3.62. The van der Waals surface area contributed by atoms with E-state index in [1.165, 1.54) is 5.56 Å². The van der Waals surface area contributed by atoms with E-state index in [0.29, 0.717) is 32.3 Å². The zero-order valence-corrected chi connectivity index (χ0v) is 17.9. The molecule has 0 fully saturated rings. The Labute approximate surface area is 173 Å². The van der Waals surface area contributed by atoms with E-state index in [0.717, 1.165) is 22.6 Å². The van der Waals surface area contributed by atoms with Gasteiger partial charge in [-0.1, -0.05) is 24.3 Å². The fourth-order valence-corrected chi connectivity index (χ4v) is 2.36. The maximum absolute atomic E-state index is 6.00. The highest BCUT2D eigenvalue weighted by atomic mass is 127. The van der Waals surface area contributed by atoms with Crippen LogP contribution in [0.4, 0.5) is 5.69 Å². The minimum absolute atomic E-state index is 0. The van der Waals surface area contributed by atoms with Gasteiger partial charge < -0.3 is 20.5 Å². The maximum atomic E-state index is 6.00. The van der Waals surface area contributed by atoms with Gasteiger partial charge in [0.15, 0.2) is 5.96 Å². The number of anilines is 1. The molecule has 2 aromatic carbocycles. The van der Waals surface area contributed by atoms with Gasteiger partial charge >= 0.3 is 0 Å². The lowest BCUT2D eigenvalue weighted by molar-refractivity contribution is 0.110. The Balaban J connectivity index is 0.00000338. The van der Waals surface area contributed by atoms with Crippen LogP contribution in [0.25, 0.3) is 0 Å². The van der Waals surface area contributed by atoms with Crippen LogP contribution in [0, 0.1) is 13.8 Å². The third-order valence-corrected chi connectivity index (χ3v) is 3.62. The predicted octanol–water partition coefficient (Wildman–Crippen LogP) is 4.26. The summed E-state index contributed by atoms with van der Waals surface area (Å²) >= 11 is 0. The molecule has 0 aliphatic carbocycles. The highest BCUT2D eigenvalue weighted by molar-refractivity contribution is 14.0. The van der Waals surface area contributed by atoms with Gasteiger partial charge in [0.25, 0.3) is 0 Å². The molecule has 0 bridgehead atoms. The van der Waals surface area contributed by atoms with Crippen LogP contribution in [-0.2, 0) is 11.3 Å². The number of rotatable bonds is 8. The molecule has 5 nitrogen and oxygen atoms in total. The van der Waals surface area contributed by atoms with Crippen molar-refractivity contribution in [1.82, 2.24) is 0 Å². The van der Waals surface area contributed by atoms with Crippen molar-refractivity contribution < 1.29 is 9.47 Å². The largest absolute Gasteiger partial charge is 0.491 e. The second kappa shape index (κ2) is 11.7. The zero-order chi connectivity index (χ0) is 18.1. The first kappa shape index (κ1) is 22.2. The Morgan fingerprint density at radius 3 is 2.58 bits per heavy atom. The van der Waals surface area contributed by atoms with Crippen molar-refractivity contribution in [3.05, 3.63) is 59.2 Å². The van der Waals surface area contributed by atoms with E-state index in [2.05, 4.69) is 10.3 Å². The molecule has 0 saturated heterocycles. The summed E-state index contributed by atoms with van der Waals surface area (Å²) in [5, 5.41) is 3.11. The van der Waals surface area contributed by atoms with Crippen LogP contribution in [-0.4, -0.2) is 25.8 Å². The lowest BCUT2D eigenvalue weighted by Crippen LogP contribution is -2.22. The van der Waals surface area contributed by atoms with Crippen LogP contribution in [0.2, 0.25) is 0 Å². The van der Waals surface area contributed by atoms with E-state index in [-0.39, 0.29) is 24.0 Å². The normalized spacial score (nSPS) is 11.0. The standard InChI is InChI=1S/C20H27N3O2.HI/c1-4-24-10-11-25-19-13-16(3)8-9-17(19)14-22-20(21)23-18-7-5-6-15(2)12-18;/h5-9,12-13H,4,10-11,14H2,1-3H3,(H3,21,22,23);1H. The number of nitrogens with zero attached hydrogens (tertiary/aromatic N) is 1. The number of benzene rings is 2. The van der Waals surface area contributed by atoms with Gasteiger partial charge in [0, 0.05) is 17.9 Å². The number of aliphatic imine (C=N–C) groups is 1. The molecule has 2 aromatic rings. The average Bonchev–Trinajstić information content (AvgIpc) is 2.58. The molecule has 26 heavy (non-hydrogen) atoms. The topological polar surface area (TPSA) is 68.9 Å². The Bertz CT molecular complexity index is 720. The fraction of sp³-hybridized carbons (Fsp3) is 0.350. The van der Waals surface area contributed by atoms with Crippen LogP contribution in [0.5, 0.6) is 5.75 Å². The first-order chi connectivity index (χ1) is 12.1. The van der Waals surface area contributed by atoms with Crippen LogP contribution in [0.1, 0.15) is 23.6 Å². The van der Waals surface area contributed by atoms with Crippen LogP contribution < -0.4 is 15.8 Å². The van der Waals surface area contributed by atoms with Crippen LogP contribution >= 0.6 is 24.0 Å². The quantitative estimate of drug-likeness (QED) is 0.262. The van der Waals surface area contributed by atoms with Crippen molar-refractivity contribution in [2.24, 2.45) is 10.7 Å². The Morgan fingerprint density at radius 2 is 1.85 bits per heavy atom. The molecule has 0 aliphatic heterocycles. The number of guanidine groups is 1. The number of aryl methyl sites for hydroxylation is 2. The van der Waals surface area contributed by atoms with E-state index in [9.17, 15) is 0 Å². The Kier molecular flexibility index (Phi) is 10.0. The lowest BCUT2D eigenvalue weighted by Gasteiger charge is -2.12. The molecule has 0 atom stereocenters. The van der Waals surface area contributed by atoms with Gasteiger partial charge in [-0.15, -0.1) is 24.0 Å². The summed E-state index contributed by atoms with van der Waals surface area (Å²) in [5.41, 5.74) is 10.2. The summed E-state index contributed by atoms with van der Waals surface area (Å²) < 4.78 is 11.1. The molecular weight excluding hydrogens is 441 g/mol. The van der Waals surface area contributed by atoms with E-state index >= 15 is 0 Å². The number of nitrogens with two attached hydrogens (primary N) is 1. The Morgan fingerprint density at radius 1 is 1.08 bits per heavy atom. The van der Waals surface area contributed by atoms with Crippen molar-refractivity contribution in [3.63, 3.8) is 0 Å². The van der Waals surface area contributed by atoms with E-state index in [4.69, 9.17) is 15.2 Å². The number of ether oxygens (including phenoxy) is 2. The van der Waals surface area contributed by atoms with Gasteiger partial charge in [-0.2, -0.15) is 0 Å². The van der Waals surface area contributed by atoms with Gasteiger partial charge in [-0.05, 0) is 50.1 Å². The molecule has 0 aliphatic rings. The fourth-order valence-electron chi connectivity index (χ4n) is 2.36. The van der Waals surface area contributed by atoms with Crippen molar-refractivity contribution in [2.75, 3.05) is 25.1 Å².